The van der Waals surface area contributed by atoms with Gasteiger partial charge in [0, 0.05) is 35.5 Å². The van der Waals surface area contributed by atoms with E-state index >= 15 is 0 Å². The third-order valence-corrected chi connectivity index (χ3v) is 4.13. The summed E-state index contributed by atoms with van der Waals surface area (Å²) in [4.78, 5) is 16.1. The number of nitrogens with zero attached hydrogens (tertiary/aromatic N) is 1. The molecule has 1 unspecified atom stereocenters. The van der Waals surface area contributed by atoms with Crippen LogP contribution in [0.2, 0.25) is 0 Å². The highest BCUT2D eigenvalue weighted by molar-refractivity contribution is 5.96. The number of hydrogen-bond acceptors (Lipinski definition) is 5. The largest absolute Gasteiger partial charge is 0.388 e. The summed E-state index contributed by atoms with van der Waals surface area (Å²) in [5.41, 5.74) is 0.770. The van der Waals surface area contributed by atoms with Crippen molar-refractivity contribution in [1.29, 1.82) is 0 Å². The molecule has 0 aliphatic carbocycles. The van der Waals surface area contributed by atoms with E-state index in [1.807, 2.05) is 0 Å². The number of pyridine rings is 1. The normalized spacial score (nSPS) is 20.4. The molecule has 0 radical (unpaired) electrons. The van der Waals surface area contributed by atoms with Crippen LogP contribution in [0.4, 0.5) is 4.39 Å². The van der Waals surface area contributed by atoms with Crippen molar-refractivity contribution < 1.29 is 23.8 Å². The molecule has 1 saturated heterocycles. The summed E-state index contributed by atoms with van der Waals surface area (Å²) in [5.74, 6) is -1.64. The summed E-state index contributed by atoms with van der Waals surface area (Å²) < 4.78 is 26.0. The maximum absolute atomic E-state index is 14.9. The van der Waals surface area contributed by atoms with Gasteiger partial charge in [0.15, 0.2) is 11.6 Å². The van der Waals surface area contributed by atoms with Crippen molar-refractivity contribution in [2.24, 2.45) is 0 Å². The zero-order valence-electron chi connectivity index (χ0n) is 14.1. The van der Waals surface area contributed by atoms with Gasteiger partial charge in [-0.2, -0.15) is 0 Å². The fourth-order valence-corrected chi connectivity index (χ4v) is 2.85. The van der Waals surface area contributed by atoms with E-state index in [4.69, 9.17) is 9.47 Å². The van der Waals surface area contributed by atoms with E-state index in [-0.39, 0.29) is 24.4 Å². The van der Waals surface area contributed by atoms with Crippen molar-refractivity contribution >= 4 is 5.78 Å². The SMILES string of the molecule is CC1(C)OC[C@@H](c2cccc(C(O)CC(=O)c3cccnc3)c2F)O1. The molecule has 3 rings (SSSR count). The van der Waals surface area contributed by atoms with Crippen LogP contribution in [0, 0.1) is 5.82 Å². The molecule has 0 spiro atoms. The molecule has 0 saturated carbocycles. The number of benzene rings is 1. The average Bonchev–Trinajstić information content (AvgIpc) is 2.95. The molecular weight excluding hydrogens is 325 g/mol. The standard InChI is InChI=1S/C19H20FNO4/c1-19(2)24-11-17(25-19)14-7-3-6-13(18(14)20)16(23)9-15(22)12-5-4-8-21-10-12/h3-8,10,16-17,23H,9,11H2,1-2H3/t16?,17-/m0/s1. The predicted octanol–water partition coefficient (Wildman–Crippen LogP) is 3.35. The smallest absolute Gasteiger partial charge is 0.167 e. The van der Waals surface area contributed by atoms with Crippen molar-refractivity contribution in [3.05, 3.63) is 65.2 Å². The maximum Gasteiger partial charge on any atom is 0.167 e. The van der Waals surface area contributed by atoms with Crippen LogP contribution < -0.4 is 0 Å². The topological polar surface area (TPSA) is 68.7 Å². The Hall–Kier alpha value is -2.15. The van der Waals surface area contributed by atoms with Crippen LogP contribution in [0.15, 0.2) is 42.7 Å². The zero-order valence-corrected chi connectivity index (χ0v) is 14.1. The van der Waals surface area contributed by atoms with Crippen LogP contribution >= 0.6 is 0 Å². The lowest BCUT2D eigenvalue weighted by Gasteiger charge is -2.19. The Kier molecular flexibility index (Phi) is 4.94. The fraction of sp³-hybridized carbons (Fsp3) is 0.368. The van der Waals surface area contributed by atoms with Crippen LogP contribution in [0.3, 0.4) is 0 Å². The number of halogens is 1. The fourth-order valence-electron chi connectivity index (χ4n) is 2.85. The van der Waals surface area contributed by atoms with Gasteiger partial charge in [-0.15, -0.1) is 0 Å². The summed E-state index contributed by atoms with van der Waals surface area (Å²) in [6, 6.07) is 7.96. The van der Waals surface area contributed by atoms with E-state index in [0.717, 1.165) is 0 Å². The van der Waals surface area contributed by atoms with Crippen molar-refractivity contribution in [2.75, 3.05) is 6.61 Å². The van der Waals surface area contributed by atoms with Gasteiger partial charge in [-0.3, -0.25) is 9.78 Å². The Bertz CT molecular complexity index is 763. The van der Waals surface area contributed by atoms with Crippen LogP contribution in [-0.4, -0.2) is 28.3 Å². The number of ether oxygens (including phenoxy) is 2. The quantitative estimate of drug-likeness (QED) is 0.842. The highest BCUT2D eigenvalue weighted by atomic mass is 19.1. The predicted molar refractivity (Wildman–Crippen MR) is 88.4 cm³/mol. The Labute approximate surface area is 145 Å². The first kappa shape index (κ1) is 17.7. The molecule has 25 heavy (non-hydrogen) atoms. The number of Topliss-reactive ketones (excluding diaryl/α,β-unsaturated/α-hetero) is 1. The lowest BCUT2D eigenvalue weighted by molar-refractivity contribution is -0.139. The number of carbonyl (C=O) groups excluding carboxylic acids is 1. The second kappa shape index (κ2) is 7.00. The van der Waals surface area contributed by atoms with Gasteiger partial charge in [0.2, 0.25) is 0 Å². The zero-order chi connectivity index (χ0) is 18.0. The molecular formula is C19H20FNO4. The number of hydrogen-bond donors (Lipinski definition) is 1. The highest BCUT2D eigenvalue weighted by Crippen LogP contribution is 2.36. The second-order valence-corrected chi connectivity index (χ2v) is 6.45. The molecule has 1 aliphatic rings. The van der Waals surface area contributed by atoms with Crippen LogP contribution in [0.1, 0.15) is 54.0 Å². The Morgan fingerprint density at radius 2 is 2.20 bits per heavy atom. The van der Waals surface area contributed by atoms with Gasteiger partial charge in [-0.05, 0) is 26.0 Å². The molecule has 2 heterocycles. The average molecular weight is 345 g/mol. The van der Waals surface area contributed by atoms with Gasteiger partial charge in [0.1, 0.15) is 11.9 Å². The number of carbonyl (C=O) groups is 1. The lowest BCUT2D eigenvalue weighted by Crippen LogP contribution is -2.20. The molecule has 2 aromatic rings. The second-order valence-electron chi connectivity index (χ2n) is 6.45. The first-order valence-corrected chi connectivity index (χ1v) is 8.09. The highest BCUT2D eigenvalue weighted by Gasteiger charge is 2.35. The van der Waals surface area contributed by atoms with Gasteiger partial charge >= 0.3 is 0 Å². The monoisotopic (exact) mass is 345 g/mol. The number of rotatable bonds is 5. The Balaban J connectivity index is 1.78. The van der Waals surface area contributed by atoms with Crippen molar-refractivity contribution in [3.8, 4) is 0 Å². The van der Waals surface area contributed by atoms with Gasteiger partial charge in [-0.1, -0.05) is 18.2 Å². The van der Waals surface area contributed by atoms with E-state index in [1.54, 1.807) is 44.3 Å². The maximum atomic E-state index is 14.9. The Morgan fingerprint density at radius 1 is 1.40 bits per heavy atom. The number of ketones is 1. The molecule has 1 N–H and O–H groups in total. The minimum absolute atomic E-state index is 0.0723. The van der Waals surface area contributed by atoms with Crippen molar-refractivity contribution in [2.45, 2.75) is 38.3 Å². The van der Waals surface area contributed by atoms with E-state index < -0.39 is 23.8 Å². The van der Waals surface area contributed by atoms with Gasteiger partial charge in [-0.25, -0.2) is 4.39 Å². The summed E-state index contributed by atoms with van der Waals surface area (Å²) in [6.45, 7) is 3.75. The van der Waals surface area contributed by atoms with E-state index in [9.17, 15) is 14.3 Å². The van der Waals surface area contributed by atoms with Gasteiger partial charge in [0.25, 0.3) is 0 Å². The van der Waals surface area contributed by atoms with Crippen molar-refractivity contribution in [1.82, 2.24) is 4.98 Å². The van der Waals surface area contributed by atoms with E-state index in [1.165, 1.54) is 12.3 Å². The molecule has 1 fully saturated rings. The molecule has 132 valence electrons. The third-order valence-electron chi connectivity index (χ3n) is 4.13. The third kappa shape index (κ3) is 3.92. The molecule has 0 bridgehead atoms. The molecule has 1 aromatic heterocycles. The molecule has 5 nitrogen and oxygen atoms in total. The minimum Gasteiger partial charge on any atom is -0.388 e. The van der Waals surface area contributed by atoms with Gasteiger partial charge in [0.05, 0.1) is 12.7 Å². The van der Waals surface area contributed by atoms with E-state index in [0.29, 0.717) is 11.1 Å². The van der Waals surface area contributed by atoms with Crippen LogP contribution in [-0.2, 0) is 9.47 Å². The summed E-state index contributed by atoms with van der Waals surface area (Å²) in [5, 5.41) is 10.3. The molecule has 6 heteroatoms. The molecule has 1 aliphatic heterocycles. The van der Waals surface area contributed by atoms with Crippen LogP contribution in [0.5, 0.6) is 0 Å². The minimum atomic E-state index is -1.25. The van der Waals surface area contributed by atoms with Gasteiger partial charge < -0.3 is 14.6 Å². The number of aliphatic hydroxyl groups is 1. The Morgan fingerprint density at radius 3 is 2.84 bits per heavy atom. The number of aromatic nitrogens is 1. The lowest BCUT2D eigenvalue weighted by atomic mass is 9.97. The molecule has 0 amide bonds. The summed E-state index contributed by atoms with van der Waals surface area (Å²) in [7, 11) is 0. The first-order valence-electron chi connectivity index (χ1n) is 8.09. The summed E-state index contributed by atoms with van der Waals surface area (Å²) >= 11 is 0. The van der Waals surface area contributed by atoms with E-state index in [2.05, 4.69) is 4.98 Å². The number of aliphatic hydroxyl groups excluding tert-OH is 1. The van der Waals surface area contributed by atoms with Crippen LogP contribution in [0.25, 0.3) is 0 Å². The summed E-state index contributed by atoms with van der Waals surface area (Å²) in [6.07, 6.45) is 0.966. The molecule has 1 aromatic carbocycles. The first-order chi connectivity index (χ1) is 11.9. The van der Waals surface area contributed by atoms with Crippen molar-refractivity contribution in [3.63, 3.8) is 0 Å². The molecule has 2 atom stereocenters.